The monoisotopic (exact) mass is 243 g/mol. The number of anilines is 1. The van der Waals surface area contributed by atoms with Crippen LogP contribution >= 0.6 is 0 Å². The van der Waals surface area contributed by atoms with Crippen molar-refractivity contribution in [1.82, 2.24) is 9.62 Å². The molecule has 1 rings (SSSR count). The van der Waals surface area contributed by atoms with Crippen molar-refractivity contribution in [3.8, 4) is 0 Å². The van der Waals surface area contributed by atoms with Crippen LogP contribution in [0.3, 0.4) is 0 Å². The lowest BCUT2D eigenvalue weighted by atomic mass is 10.3. The summed E-state index contributed by atoms with van der Waals surface area (Å²) in [6.45, 7) is 1.01. The van der Waals surface area contributed by atoms with Crippen molar-refractivity contribution in [2.45, 2.75) is 4.90 Å². The van der Waals surface area contributed by atoms with Crippen LogP contribution in [0.5, 0.6) is 0 Å². The van der Waals surface area contributed by atoms with Crippen LogP contribution in [0.25, 0.3) is 0 Å². The number of sulfonamides is 1. The number of hydrogen-bond donors (Lipinski definition) is 2. The van der Waals surface area contributed by atoms with E-state index < -0.39 is 10.0 Å². The molecule has 0 atom stereocenters. The molecule has 16 heavy (non-hydrogen) atoms. The van der Waals surface area contributed by atoms with Crippen LogP contribution in [0.1, 0.15) is 0 Å². The van der Waals surface area contributed by atoms with E-state index in [1.807, 2.05) is 19.0 Å². The maximum absolute atomic E-state index is 11.8. The molecule has 0 unspecified atom stereocenters. The first-order chi connectivity index (χ1) is 7.43. The fraction of sp³-hybridized carbons (Fsp3) is 0.400. The van der Waals surface area contributed by atoms with E-state index in [0.29, 0.717) is 13.1 Å². The third kappa shape index (κ3) is 3.48. The predicted octanol–water partition coefficient (Wildman–Crippen LogP) is 0.109. The lowest BCUT2D eigenvalue weighted by molar-refractivity contribution is 0.412. The Morgan fingerprint density at radius 3 is 2.50 bits per heavy atom. The van der Waals surface area contributed by atoms with Gasteiger partial charge in [0.05, 0.1) is 5.69 Å². The van der Waals surface area contributed by atoms with Crippen LogP contribution in [0.4, 0.5) is 5.69 Å². The highest BCUT2D eigenvalue weighted by Gasteiger charge is 2.15. The van der Waals surface area contributed by atoms with Gasteiger partial charge in [-0.2, -0.15) is 0 Å². The summed E-state index contributed by atoms with van der Waals surface area (Å²) in [5.74, 6) is 0. The molecule has 5 nitrogen and oxygen atoms in total. The molecule has 0 radical (unpaired) electrons. The molecule has 0 saturated carbocycles. The minimum absolute atomic E-state index is 0.133. The molecule has 0 aromatic heterocycles. The van der Waals surface area contributed by atoms with Gasteiger partial charge in [0, 0.05) is 13.1 Å². The minimum Gasteiger partial charge on any atom is -0.398 e. The Hall–Kier alpha value is -1.11. The third-order valence-electron chi connectivity index (χ3n) is 2.06. The highest BCUT2D eigenvalue weighted by molar-refractivity contribution is 7.89. The molecule has 0 aliphatic heterocycles. The summed E-state index contributed by atoms with van der Waals surface area (Å²) < 4.78 is 26.1. The quantitative estimate of drug-likeness (QED) is 0.720. The van der Waals surface area contributed by atoms with Crippen LogP contribution in [-0.4, -0.2) is 40.5 Å². The van der Waals surface area contributed by atoms with Gasteiger partial charge < -0.3 is 10.6 Å². The highest BCUT2D eigenvalue weighted by Crippen LogP contribution is 2.16. The first-order valence-electron chi connectivity index (χ1n) is 4.92. The molecule has 0 heterocycles. The summed E-state index contributed by atoms with van der Waals surface area (Å²) in [4.78, 5) is 2.03. The summed E-state index contributed by atoms with van der Waals surface area (Å²) in [5, 5.41) is 0. The first kappa shape index (κ1) is 13.0. The molecule has 0 fully saturated rings. The Balaban J connectivity index is 2.75. The molecule has 0 saturated heterocycles. The van der Waals surface area contributed by atoms with Gasteiger partial charge in [-0.15, -0.1) is 0 Å². The van der Waals surface area contributed by atoms with E-state index in [2.05, 4.69) is 4.72 Å². The first-order valence-corrected chi connectivity index (χ1v) is 6.40. The number of hydrogen-bond acceptors (Lipinski definition) is 4. The molecule has 0 amide bonds. The third-order valence-corrected chi connectivity index (χ3v) is 3.59. The van der Waals surface area contributed by atoms with Gasteiger partial charge in [-0.1, -0.05) is 12.1 Å². The molecule has 0 spiro atoms. The Morgan fingerprint density at radius 1 is 1.31 bits per heavy atom. The number of rotatable bonds is 5. The zero-order valence-electron chi connectivity index (χ0n) is 9.47. The summed E-state index contributed by atoms with van der Waals surface area (Å²) >= 11 is 0. The second-order valence-corrected chi connectivity index (χ2v) is 5.47. The number of para-hydroxylation sites is 1. The van der Waals surface area contributed by atoms with Gasteiger partial charge in [0.1, 0.15) is 4.90 Å². The SMILES string of the molecule is CN(C)CCNS(=O)(=O)c1ccccc1N. The fourth-order valence-electron chi connectivity index (χ4n) is 1.21. The number of nitrogens with two attached hydrogens (primary N) is 1. The average Bonchev–Trinajstić information content (AvgIpc) is 2.17. The Labute approximate surface area is 96.3 Å². The van der Waals surface area contributed by atoms with Crippen molar-refractivity contribution in [3.05, 3.63) is 24.3 Å². The van der Waals surface area contributed by atoms with E-state index in [1.165, 1.54) is 6.07 Å². The van der Waals surface area contributed by atoms with E-state index in [-0.39, 0.29) is 10.6 Å². The zero-order valence-corrected chi connectivity index (χ0v) is 10.3. The number of likely N-dealkylation sites (N-methyl/N-ethyl adjacent to an activating group) is 1. The van der Waals surface area contributed by atoms with Crippen LogP contribution in [0.2, 0.25) is 0 Å². The topological polar surface area (TPSA) is 75.4 Å². The number of nitrogens with zero attached hydrogens (tertiary/aromatic N) is 1. The standard InChI is InChI=1S/C10H17N3O2S/c1-13(2)8-7-12-16(14,15)10-6-4-3-5-9(10)11/h3-6,12H,7-8,11H2,1-2H3. The second-order valence-electron chi connectivity index (χ2n) is 3.74. The van der Waals surface area contributed by atoms with Crippen LogP contribution in [-0.2, 0) is 10.0 Å². The predicted molar refractivity (Wildman–Crippen MR) is 64.6 cm³/mol. The Kier molecular flexibility index (Phi) is 4.28. The molecular formula is C10H17N3O2S. The second kappa shape index (κ2) is 5.29. The number of nitrogen functional groups attached to an aromatic ring is 1. The van der Waals surface area contributed by atoms with Crippen molar-refractivity contribution in [2.75, 3.05) is 32.9 Å². The largest absolute Gasteiger partial charge is 0.398 e. The normalized spacial score (nSPS) is 11.9. The molecule has 90 valence electrons. The van der Waals surface area contributed by atoms with Gasteiger partial charge in [0.15, 0.2) is 0 Å². The molecule has 1 aromatic carbocycles. The summed E-state index contributed by atoms with van der Waals surface area (Å²) in [5.41, 5.74) is 5.87. The number of benzene rings is 1. The lowest BCUT2D eigenvalue weighted by Crippen LogP contribution is -2.31. The maximum Gasteiger partial charge on any atom is 0.242 e. The van der Waals surface area contributed by atoms with Crippen molar-refractivity contribution in [2.24, 2.45) is 0 Å². The highest BCUT2D eigenvalue weighted by atomic mass is 32.2. The van der Waals surface area contributed by atoms with E-state index in [9.17, 15) is 8.42 Å². The molecule has 3 N–H and O–H groups in total. The van der Waals surface area contributed by atoms with Gasteiger partial charge in [-0.3, -0.25) is 0 Å². The fourth-order valence-corrected chi connectivity index (χ4v) is 2.36. The Bertz CT molecular complexity index is 443. The van der Waals surface area contributed by atoms with Gasteiger partial charge in [0.2, 0.25) is 10.0 Å². The molecule has 0 aliphatic rings. The van der Waals surface area contributed by atoms with E-state index in [1.54, 1.807) is 18.2 Å². The van der Waals surface area contributed by atoms with E-state index in [0.717, 1.165) is 0 Å². The van der Waals surface area contributed by atoms with E-state index in [4.69, 9.17) is 5.73 Å². The van der Waals surface area contributed by atoms with Crippen molar-refractivity contribution < 1.29 is 8.42 Å². The van der Waals surface area contributed by atoms with Crippen LogP contribution < -0.4 is 10.5 Å². The molecular weight excluding hydrogens is 226 g/mol. The average molecular weight is 243 g/mol. The molecule has 6 heteroatoms. The molecule has 0 aliphatic carbocycles. The summed E-state index contributed by atoms with van der Waals surface area (Å²) in [6.07, 6.45) is 0. The van der Waals surface area contributed by atoms with Crippen molar-refractivity contribution in [1.29, 1.82) is 0 Å². The van der Waals surface area contributed by atoms with Gasteiger partial charge in [-0.25, -0.2) is 13.1 Å². The maximum atomic E-state index is 11.8. The van der Waals surface area contributed by atoms with Crippen molar-refractivity contribution >= 4 is 15.7 Å². The minimum atomic E-state index is -3.49. The van der Waals surface area contributed by atoms with Crippen LogP contribution in [0.15, 0.2) is 29.2 Å². The molecule has 0 bridgehead atoms. The Morgan fingerprint density at radius 2 is 1.94 bits per heavy atom. The van der Waals surface area contributed by atoms with Gasteiger partial charge in [-0.05, 0) is 26.2 Å². The van der Waals surface area contributed by atoms with Gasteiger partial charge >= 0.3 is 0 Å². The molecule has 1 aromatic rings. The van der Waals surface area contributed by atoms with E-state index >= 15 is 0 Å². The lowest BCUT2D eigenvalue weighted by Gasteiger charge is -2.11. The summed E-state index contributed by atoms with van der Waals surface area (Å²) in [6, 6.07) is 6.42. The zero-order chi connectivity index (χ0) is 12.2. The van der Waals surface area contributed by atoms with Crippen LogP contribution in [0, 0.1) is 0 Å². The number of nitrogens with one attached hydrogen (secondary N) is 1. The van der Waals surface area contributed by atoms with Gasteiger partial charge in [0.25, 0.3) is 0 Å². The smallest absolute Gasteiger partial charge is 0.242 e. The van der Waals surface area contributed by atoms with Crippen molar-refractivity contribution in [3.63, 3.8) is 0 Å². The summed E-state index contributed by atoms with van der Waals surface area (Å²) in [7, 11) is 0.272.